The first-order valence-electron chi connectivity index (χ1n) is 5.57. The Morgan fingerprint density at radius 3 is 2.29 bits per heavy atom. The van der Waals surface area contributed by atoms with Gasteiger partial charge in [0.1, 0.15) is 22.8 Å². The molecule has 2 aromatic rings. The van der Waals surface area contributed by atoms with Gasteiger partial charge in [-0.1, -0.05) is 23.7 Å². The number of aliphatic hydroxyl groups is 1. The molecule has 0 aliphatic heterocycles. The van der Waals surface area contributed by atoms with Gasteiger partial charge in [-0.05, 0) is 46.4 Å². The monoisotopic (exact) mass is 431 g/mol. The standard InChI is InChI=1S/C13H7ClF4INO/c14-12-8(3-4-10(20-12)13(16,17)18)11(21)7-2-1-6(15)5-9(7)19/h1-5,11,21H. The lowest BCUT2D eigenvalue weighted by molar-refractivity contribution is -0.141. The van der Waals surface area contributed by atoms with Crippen molar-refractivity contribution >= 4 is 34.2 Å². The van der Waals surface area contributed by atoms with Gasteiger partial charge < -0.3 is 5.11 Å². The molecule has 8 heteroatoms. The van der Waals surface area contributed by atoms with E-state index in [1.807, 2.05) is 22.6 Å². The largest absolute Gasteiger partial charge is 0.433 e. The highest BCUT2D eigenvalue weighted by Gasteiger charge is 2.33. The number of halogens is 6. The van der Waals surface area contributed by atoms with Crippen molar-refractivity contribution in [3.05, 3.63) is 61.7 Å². The van der Waals surface area contributed by atoms with Gasteiger partial charge in [0.05, 0.1) is 0 Å². The number of pyridine rings is 1. The van der Waals surface area contributed by atoms with Crippen molar-refractivity contribution in [3.8, 4) is 0 Å². The molecule has 112 valence electrons. The molecule has 0 saturated heterocycles. The summed E-state index contributed by atoms with van der Waals surface area (Å²) in [6.07, 6.45) is -5.91. The van der Waals surface area contributed by atoms with Crippen LogP contribution in [0.2, 0.25) is 5.15 Å². The summed E-state index contributed by atoms with van der Waals surface area (Å²) in [5, 5.41) is 9.76. The smallest absolute Gasteiger partial charge is 0.384 e. The first kappa shape index (κ1) is 16.4. The van der Waals surface area contributed by atoms with E-state index in [1.165, 1.54) is 12.1 Å². The second-order valence-electron chi connectivity index (χ2n) is 4.14. The van der Waals surface area contributed by atoms with Crippen LogP contribution in [0.5, 0.6) is 0 Å². The minimum Gasteiger partial charge on any atom is -0.384 e. The fraction of sp³-hybridized carbons (Fsp3) is 0.154. The van der Waals surface area contributed by atoms with E-state index in [2.05, 4.69) is 4.98 Å². The quantitative estimate of drug-likeness (QED) is 0.429. The summed E-state index contributed by atoms with van der Waals surface area (Å²) < 4.78 is 51.0. The lowest BCUT2D eigenvalue weighted by Gasteiger charge is -2.15. The molecule has 0 aliphatic carbocycles. The van der Waals surface area contributed by atoms with E-state index in [-0.39, 0.29) is 5.56 Å². The predicted molar refractivity (Wildman–Crippen MR) is 77.4 cm³/mol. The number of benzene rings is 1. The highest BCUT2D eigenvalue weighted by atomic mass is 127. The van der Waals surface area contributed by atoms with Gasteiger partial charge in [0.25, 0.3) is 0 Å². The Balaban J connectivity index is 2.42. The van der Waals surface area contributed by atoms with Crippen LogP contribution in [0.15, 0.2) is 30.3 Å². The summed E-state index contributed by atoms with van der Waals surface area (Å²) in [5.41, 5.74) is -0.785. The molecule has 1 aromatic heterocycles. The van der Waals surface area contributed by atoms with E-state index in [4.69, 9.17) is 11.6 Å². The summed E-state index contributed by atoms with van der Waals surface area (Å²) in [4.78, 5) is 3.24. The SMILES string of the molecule is OC(c1ccc(F)cc1I)c1ccc(C(F)(F)F)nc1Cl. The van der Waals surface area contributed by atoms with Gasteiger partial charge in [-0.15, -0.1) is 0 Å². The molecule has 0 fully saturated rings. The van der Waals surface area contributed by atoms with Crippen molar-refractivity contribution in [1.29, 1.82) is 0 Å². The molecule has 0 amide bonds. The first-order chi connectivity index (χ1) is 9.70. The number of hydrogen-bond donors (Lipinski definition) is 1. The molecule has 2 nitrogen and oxygen atoms in total. The van der Waals surface area contributed by atoms with E-state index >= 15 is 0 Å². The van der Waals surface area contributed by atoms with Crippen LogP contribution in [0.1, 0.15) is 22.9 Å². The second-order valence-corrected chi connectivity index (χ2v) is 5.66. The third-order valence-electron chi connectivity index (χ3n) is 2.72. The fourth-order valence-electron chi connectivity index (χ4n) is 1.70. The van der Waals surface area contributed by atoms with Gasteiger partial charge in [-0.25, -0.2) is 9.37 Å². The second kappa shape index (κ2) is 6.05. The topological polar surface area (TPSA) is 33.1 Å². The zero-order chi connectivity index (χ0) is 15.8. The van der Waals surface area contributed by atoms with Crippen LogP contribution in [-0.2, 0) is 6.18 Å². The number of aromatic nitrogens is 1. The van der Waals surface area contributed by atoms with Crippen LogP contribution >= 0.6 is 34.2 Å². The molecule has 0 spiro atoms. The van der Waals surface area contributed by atoms with Crippen LogP contribution in [0.3, 0.4) is 0 Å². The summed E-state index contributed by atoms with van der Waals surface area (Å²) in [6.45, 7) is 0. The molecule has 1 heterocycles. The molecule has 0 aliphatic rings. The Morgan fingerprint density at radius 1 is 1.14 bits per heavy atom. The molecule has 0 bridgehead atoms. The summed E-state index contributed by atoms with van der Waals surface area (Å²) in [7, 11) is 0. The van der Waals surface area contributed by atoms with Gasteiger partial charge in [-0.3, -0.25) is 0 Å². The van der Waals surface area contributed by atoms with Gasteiger partial charge in [0.15, 0.2) is 0 Å². The minimum absolute atomic E-state index is 0.0224. The molecule has 21 heavy (non-hydrogen) atoms. The summed E-state index contributed by atoms with van der Waals surface area (Å²) in [6, 6.07) is 5.48. The number of hydrogen-bond acceptors (Lipinski definition) is 2. The maximum absolute atomic E-state index is 13.0. The fourth-order valence-corrected chi connectivity index (χ4v) is 2.73. The zero-order valence-corrected chi connectivity index (χ0v) is 13.0. The van der Waals surface area contributed by atoms with Crippen molar-refractivity contribution in [2.45, 2.75) is 12.3 Å². The Hall–Kier alpha value is -0.930. The molecule has 1 aromatic carbocycles. The normalized spacial score (nSPS) is 13.3. The lowest BCUT2D eigenvalue weighted by Crippen LogP contribution is -2.10. The Bertz CT molecular complexity index is 678. The maximum Gasteiger partial charge on any atom is 0.433 e. The molecule has 0 radical (unpaired) electrons. The van der Waals surface area contributed by atoms with Crippen molar-refractivity contribution in [1.82, 2.24) is 4.98 Å². The van der Waals surface area contributed by atoms with E-state index < -0.39 is 28.9 Å². The average Bonchev–Trinajstić information content (AvgIpc) is 2.36. The number of nitrogens with zero attached hydrogens (tertiary/aromatic N) is 1. The van der Waals surface area contributed by atoms with Gasteiger partial charge in [0, 0.05) is 9.13 Å². The predicted octanol–water partition coefficient (Wildman–Crippen LogP) is 4.58. The Kier molecular flexibility index (Phi) is 4.74. The van der Waals surface area contributed by atoms with Gasteiger partial charge >= 0.3 is 6.18 Å². The first-order valence-corrected chi connectivity index (χ1v) is 7.02. The lowest BCUT2D eigenvalue weighted by atomic mass is 10.0. The van der Waals surface area contributed by atoms with E-state index in [0.717, 1.165) is 18.2 Å². The van der Waals surface area contributed by atoms with Crippen LogP contribution in [0.25, 0.3) is 0 Å². The zero-order valence-electron chi connectivity index (χ0n) is 10.1. The summed E-state index contributed by atoms with van der Waals surface area (Å²) >= 11 is 7.53. The highest BCUT2D eigenvalue weighted by Crippen LogP contribution is 2.34. The Morgan fingerprint density at radius 2 is 1.76 bits per heavy atom. The third kappa shape index (κ3) is 3.64. The molecule has 1 atom stereocenters. The van der Waals surface area contributed by atoms with Crippen LogP contribution in [-0.4, -0.2) is 10.1 Å². The van der Waals surface area contributed by atoms with Crippen LogP contribution in [0, 0.1) is 9.39 Å². The average molecular weight is 432 g/mol. The molecule has 0 saturated carbocycles. The van der Waals surface area contributed by atoms with Gasteiger partial charge in [-0.2, -0.15) is 13.2 Å². The van der Waals surface area contributed by atoms with Crippen LogP contribution < -0.4 is 0 Å². The van der Waals surface area contributed by atoms with Crippen molar-refractivity contribution in [2.75, 3.05) is 0 Å². The molecular weight excluding hydrogens is 424 g/mol. The van der Waals surface area contributed by atoms with Crippen molar-refractivity contribution in [2.24, 2.45) is 0 Å². The number of aliphatic hydroxyl groups excluding tert-OH is 1. The Labute approximate surface area is 135 Å². The molecular formula is C13H7ClF4INO. The third-order valence-corrected chi connectivity index (χ3v) is 3.96. The highest BCUT2D eigenvalue weighted by molar-refractivity contribution is 14.1. The van der Waals surface area contributed by atoms with Crippen molar-refractivity contribution < 1.29 is 22.7 Å². The number of alkyl halides is 3. The molecule has 1 N–H and O–H groups in total. The van der Waals surface area contributed by atoms with Crippen molar-refractivity contribution in [3.63, 3.8) is 0 Å². The van der Waals surface area contributed by atoms with Crippen LogP contribution in [0.4, 0.5) is 17.6 Å². The minimum atomic E-state index is -4.61. The maximum atomic E-state index is 13.0. The van der Waals surface area contributed by atoms with E-state index in [9.17, 15) is 22.7 Å². The number of rotatable bonds is 2. The van der Waals surface area contributed by atoms with Gasteiger partial charge in [0.2, 0.25) is 0 Å². The summed E-state index contributed by atoms with van der Waals surface area (Å²) in [5.74, 6) is -0.480. The van der Waals surface area contributed by atoms with E-state index in [1.54, 1.807) is 0 Å². The van der Waals surface area contributed by atoms with E-state index in [0.29, 0.717) is 9.13 Å². The molecule has 1 unspecified atom stereocenters. The molecule has 2 rings (SSSR count).